The maximum Gasteiger partial charge on any atom is 0.330 e. The van der Waals surface area contributed by atoms with Crippen molar-refractivity contribution < 1.29 is 9.53 Å². The number of hydrogen-bond acceptors (Lipinski definition) is 2. The molecule has 2 rings (SSSR count). The van der Waals surface area contributed by atoms with Gasteiger partial charge in [-0.05, 0) is 44.4 Å². The molecule has 2 nitrogen and oxygen atoms in total. The van der Waals surface area contributed by atoms with Crippen molar-refractivity contribution in [3.05, 3.63) is 12.7 Å². The van der Waals surface area contributed by atoms with Gasteiger partial charge in [0.1, 0.15) is 5.60 Å². The average Bonchev–Trinajstić information content (AvgIpc) is 3.01. The maximum absolute atomic E-state index is 11.6. The predicted molar refractivity (Wildman–Crippen MR) is 68.6 cm³/mol. The Kier molecular flexibility index (Phi) is 3.90. The van der Waals surface area contributed by atoms with E-state index >= 15 is 0 Å². The van der Waals surface area contributed by atoms with E-state index in [1.165, 1.54) is 57.4 Å². The Hall–Kier alpha value is -0.790. The van der Waals surface area contributed by atoms with Crippen LogP contribution in [0.15, 0.2) is 12.7 Å². The van der Waals surface area contributed by atoms with E-state index in [1.807, 2.05) is 0 Å². The first kappa shape index (κ1) is 12.7. The highest BCUT2D eigenvalue weighted by atomic mass is 16.6. The summed E-state index contributed by atoms with van der Waals surface area (Å²) in [5.74, 6) is 0.885. The first-order valence-electron chi connectivity index (χ1n) is 7.02. The van der Waals surface area contributed by atoms with Gasteiger partial charge in [-0.2, -0.15) is 0 Å². The Balaban J connectivity index is 2.13. The molecule has 0 heterocycles. The molecular weight excluding hydrogens is 212 g/mol. The third-order valence-electron chi connectivity index (χ3n) is 4.82. The molecule has 2 fully saturated rings. The van der Waals surface area contributed by atoms with Crippen molar-refractivity contribution in [2.75, 3.05) is 0 Å². The van der Waals surface area contributed by atoms with Crippen molar-refractivity contribution in [3.8, 4) is 0 Å². The third kappa shape index (κ3) is 2.56. The minimum absolute atomic E-state index is 0.238. The van der Waals surface area contributed by atoms with Crippen molar-refractivity contribution >= 4 is 5.97 Å². The molecule has 0 N–H and O–H groups in total. The topological polar surface area (TPSA) is 26.3 Å². The summed E-state index contributed by atoms with van der Waals surface area (Å²) in [5, 5.41) is 0. The summed E-state index contributed by atoms with van der Waals surface area (Å²) < 4.78 is 5.80. The van der Waals surface area contributed by atoms with Gasteiger partial charge in [0.15, 0.2) is 0 Å². The molecule has 0 atom stereocenters. The Labute approximate surface area is 104 Å². The Morgan fingerprint density at radius 2 is 1.53 bits per heavy atom. The molecule has 0 aromatic carbocycles. The van der Waals surface area contributed by atoms with Gasteiger partial charge in [0.05, 0.1) is 0 Å². The highest BCUT2D eigenvalue weighted by Crippen LogP contribution is 2.46. The molecule has 17 heavy (non-hydrogen) atoms. The molecule has 0 aromatic heterocycles. The molecule has 0 aliphatic heterocycles. The van der Waals surface area contributed by atoms with Crippen LogP contribution in [-0.2, 0) is 9.53 Å². The van der Waals surface area contributed by atoms with Crippen LogP contribution in [0.2, 0.25) is 0 Å². The van der Waals surface area contributed by atoms with Crippen LogP contribution in [0.3, 0.4) is 0 Å². The van der Waals surface area contributed by atoms with E-state index in [9.17, 15) is 4.79 Å². The fraction of sp³-hybridized carbons (Fsp3) is 0.800. The lowest BCUT2D eigenvalue weighted by Crippen LogP contribution is -2.44. The highest BCUT2D eigenvalue weighted by molar-refractivity contribution is 5.81. The Morgan fingerprint density at radius 3 is 1.88 bits per heavy atom. The molecule has 0 aromatic rings. The lowest BCUT2D eigenvalue weighted by atomic mass is 9.76. The minimum atomic E-state index is -0.244. The predicted octanol–water partition coefficient (Wildman–Crippen LogP) is 3.85. The number of esters is 1. The second kappa shape index (κ2) is 5.24. The van der Waals surface area contributed by atoms with E-state index in [4.69, 9.17) is 4.74 Å². The van der Waals surface area contributed by atoms with Crippen LogP contribution in [0.1, 0.15) is 58.3 Å². The quantitative estimate of drug-likeness (QED) is 0.547. The number of ether oxygens (including phenoxy) is 1. The van der Waals surface area contributed by atoms with Crippen LogP contribution >= 0.6 is 0 Å². The Bertz CT molecular complexity index is 267. The monoisotopic (exact) mass is 236 g/mol. The summed E-state index contributed by atoms with van der Waals surface area (Å²) in [6, 6.07) is 0. The summed E-state index contributed by atoms with van der Waals surface area (Å²) in [6.45, 7) is 5.69. The van der Waals surface area contributed by atoms with Gasteiger partial charge in [-0.25, -0.2) is 4.79 Å². The molecule has 2 saturated carbocycles. The van der Waals surface area contributed by atoms with Gasteiger partial charge in [0.25, 0.3) is 0 Å². The first-order chi connectivity index (χ1) is 8.16. The van der Waals surface area contributed by atoms with Crippen LogP contribution in [0.4, 0.5) is 0 Å². The molecule has 2 aliphatic carbocycles. The summed E-state index contributed by atoms with van der Waals surface area (Å²) in [6.07, 6.45) is 11.3. The summed E-state index contributed by atoms with van der Waals surface area (Å²) in [5.41, 5.74) is -0.238. The molecular formula is C15H24O2. The van der Waals surface area contributed by atoms with E-state index in [0.717, 1.165) is 0 Å². The maximum atomic E-state index is 11.6. The first-order valence-corrected chi connectivity index (χ1v) is 7.02. The SMILES string of the molecule is C=CC(=O)OC(C)(C1CCCC1)C1CCCC1. The van der Waals surface area contributed by atoms with Crippen LogP contribution in [0, 0.1) is 11.8 Å². The lowest BCUT2D eigenvalue weighted by molar-refractivity contribution is -0.165. The zero-order chi connectivity index (χ0) is 12.3. The highest BCUT2D eigenvalue weighted by Gasteiger charge is 2.46. The molecule has 2 heteroatoms. The van der Waals surface area contributed by atoms with Gasteiger partial charge in [-0.15, -0.1) is 0 Å². The molecule has 0 spiro atoms. The smallest absolute Gasteiger partial charge is 0.330 e. The van der Waals surface area contributed by atoms with Gasteiger partial charge < -0.3 is 4.74 Å². The zero-order valence-corrected chi connectivity index (χ0v) is 10.9. The molecule has 96 valence electrons. The summed E-state index contributed by atoms with van der Waals surface area (Å²) >= 11 is 0. The molecule has 0 unspecified atom stereocenters. The van der Waals surface area contributed by atoms with Crippen molar-refractivity contribution in [1.29, 1.82) is 0 Å². The normalized spacial score (nSPS) is 22.9. The number of hydrogen-bond donors (Lipinski definition) is 0. The summed E-state index contributed by atoms with van der Waals surface area (Å²) in [7, 11) is 0. The van der Waals surface area contributed by atoms with Crippen molar-refractivity contribution in [3.63, 3.8) is 0 Å². The number of rotatable bonds is 4. The van der Waals surface area contributed by atoms with E-state index in [-0.39, 0.29) is 11.6 Å². The largest absolute Gasteiger partial charge is 0.456 e. The second-order valence-electron chi connectivity index (χ2n) is 5.77. The number of carbonyl (C=O) groups is 1. The molecule has 0 amide bonds. The summed E-state index contributed by atoms with van der Waals surface area (Å²) in [4.78, 5) is 11.6. The van der Waals surface area contributed by atoms with Crippen molar-refractivity contribution in [1.82, 2.24) is 0 Å². The zero-order valence-electron chi connectivity index (χ0n) is 10.9. The fourth-order valence-electron chi connectivity index (χ4n) is 3.76. The van der Waals surface area contributed by atoms with Crippen LogP contribution < -0.4 is 0 Å². The van der Waals surface area contributed by atoms with E-state index in [1.54, 1.807) is 0 Å². The van der Waals surface area contributed by atoms with Gasteiger partial charge >= 0.3 is 5.97 Å². The standard InChI is InChI=1S/C15H24O2/c1-3-14(16)17-15(2,12-8-4-5-9-12)13-10-6-7-11-13/h3,12-13H,1,4-11H2,2H3. The third-order valence-corrected chi connectivity index (χ3v) is 4.82. The van der Waals surface area contributed by atoms with E-state index in [2.05, 4.69) is 13.5 Å². The molecule has 0 saturated heterocycles. The van der Waals surface area contributed by atoms with Gasteiger partial charge in [-0.3, -0.25) is 0 Å². The Morgan fingerprint density at radius 1 is 1.12 bits per heavy atom. The molecule has 0 bridgehead atoms. The molecule has 2 aliphatic rings. The van der Waals surface area contributed by atoms with Gasteiger partial charge in [0, 0.05) is 6.08 Å². The van der Waals surface area contributed by atoms with E-state index < -0.39 is 0 Å². The number of carbonyl (C=O) groups excluding carboxylic acids is 1. The van der Waals surface area contributed by atoms with Crippen molar-refractivity contribution in [2.45, 2.75) is 63.9 Å². The lowest BCUT2D eigenvalue weighted by Gasteiger charge is -2.40. The van der Waals surface area contributed by atoms with Crippen LogP contribution in [0.25, 0.3) is 0 Å². The second-order valence-corrected chi connectivity index (χ2v) is 5.77. The average molecular weight is 236 g/mol. The van der Waals surface area contributed by atoms with E-state index in [0.29, 0.717) is 11.8 Å². The molecule has 0 radical (unpaired) electrons. The van der Waals surface area contributed by atoms with Crippen molar-refractivity contribution in [2.24, 2.45) is 11.8 Å². The van der Waals surface area contributed by atoms with Gasteiger partial charge in [0.2, 0.25) is 0 Å². The fourth-order valence-corrected chi connectivity index (χ4v) is 3.76. The van der Waals surface area contributed by atoms with Crippen LogP contribution in [-0.4, -0.2) is 11.6 Å². The minimum Gasteiger partial charge on any atom is -0.456 e. The van der Waals surface area contributed by atoms with Gasteiger partial charge in [-0.1, -0.05) is 32.3 Å². The van der Waals surface area contributed by atoms with Crippen LogP contribution in [0.5, 0.6) is 0 Å².